The van der Waals surface area contributed by atoms with Gasteiger partial charge in [0.05, 0.1) is 0 Å². The lowest BCUT2D eigenvalue weighted by Gasteiger charge is -2.26. The number of amides is 1. The molecule has 1 fully saturated rings. The third kappa shape index (κ3) is 3.20. The third-order valence-corrected chi connectivity index (χ3v) is 3.58. The zero-order valence-electron chi connectivity index (χ0n) is 10.1. The molecule has 1 aliphatic rings. The van der Waals surface area contributed by atoms with Gasteiger partial charge in [0.15, 0.2) is 0 Å². The Hall–Kier alpha value is -1.14. The number of hydrogen-bond donors (Lipinski definition) is 3. The molecule has 5 nitrogen and oxygen atoms in total. The molecular formula is C12H16BrN3O2. The van der Waals surface area contributed by atoms with E-state index in [9.17, 15) is 9.59 Å². The monoisotopic (exact) mass is 313 g/mol. The lowest BCUT2D eigenvalue weighted by atomic mass is 9.92. The highest BCUT2D eigenvalue weighted by molar-refractivity contribution is 9.10. The number of hydrogen-bond acceptors (Lipinski definition) is 3. The van der Waals surface area contributed by atoms with E-state index < -0.39 is 0 Å². The Bertz CT molecular complexity index is 500. The summed E-state index contributed by atoms with van der Waals surface area (Å²) in [5, 5.41) is 6.00. The minimum atomic E-state index is -0.284. The number of carbonyl (C=O) groups excluding carboxylic acids is 1. The Morgan fingerprint density at radius 3 is 3.06 bits per heavy atom. The van der Waals surface area contributed by atoms with E-state index in [-0.39, 0.29) is 17.4 Å². The van der Waals surface area contributed by atoms with Crippen LogP contribution in [0.25, 0.3) is 0 Å². The second kappa shape index (κ2) is 5.67. The number of rotatable bonds is 2. The van der Waals surface area contributed by atoms with Gasteiger partial charge in [0.2, 0.25) is 5.91 Å². The van der Waals surface area contributed by atoms with Gasteiger partial charge in [-0.15, -0.1) is 0 Å². The predicted molar refractivity (Wildman–Crippen MR) is 73.6 cm³/mol. The number of halogens is 1. The van der Waals surface area contributed by atoms with Crippen LogP contribution >= 0.6 is 15.9 Å². The van der Waals surface area contributed by atoms with Crippen LogP contribution < -0.4 is 16.2 Å². The highest BCUT2D eigenvalue weighted by atomic mass is 79.9. The van der Waals surface area contributed by atoms with Gasteiger partial charge in [-0.2, -0.15) is 0 Å². The number of carbonyl (C=O) groups is 1. The van der Waals surface area contributed by atoms with E-state index in [2.05, 4.69) is 38.5 Å². The minimum absolute atomic E-state index is 0.0281. The molecule has 0 radical (unpaired) electrons. The van der Waals surface area contributed by atoms with Gasteiger partial charge in [0.25, 0.3) is 5.56 Å². The van der Waals surface area contributed by atoms with Crippen molar-refractivity contribution in [3.8, 4) is 0 Å². The summed E-state index contributed by atoms with van der Waals surface area (Å²) >= 11 is 3.26. The first-order valence-corrected chi connectivity index (χ1v) is 6.78. The van der Waals surface area contributed by atoms with Gasteiger partial charge in [-0.1, -0.05) is 0 Å². The molecule has 2 atom stereocenters. The molecule has 1 aliphatic heterocycles. The van der Waals surface area contributed by atoms with Crippen molar-refractivity contribution in [2.24, 2.45) is 5.92 Å². The zero-order valence-corrected chi connectivity index (χ0v) is 11.7. The van der Waals surface area contributed by atoms with Crippen LogP contribution in [0.15, 0.2) is 21.5 Å². The van der Waals surface area contributed by atoms with E-state index >= 15 is 0 Å². The van der Waals surface area contributed by atoms with Crippen LogP contribution in [0.4, 0.5) is 5.69 Å². The van der Waals surface area contributed by atoms with Crippen LogP contribution in [0.2, 0.25) is 0 Å². The van der Waals surface area contributed by atoms with E-state index in [1.54, 1.807) is 12.3 Å². The SMILES string of the molecule is C[C@H]1C[C@@H](C(=O)Nc2cc(Br)c[nH]c2=O)CCN1. The standard InChI is InChI=1S/C12H16BrN3O2/c1-7-4-8(2-3-14-7)11(17)16-10-5-9(13)6-15-12(10)18/h5-8,14H,2-4H2,1H3,(H,15,18)(H,16,17)/t7-,8-/m0/s1. The van der Waals surface area contributed by atoms with Crippen LogP contribution in [0.1, 0.15) is 19.8 Å². The minimum Gasteiger partial charge on any atom is -0.326 e. The van der Waals surface area contributed by atoms with Gasteiger partial charge in [-0.3, -0.25) is 9.59 Å². The quantitative estimate of drug-likeness (QED) is 0.774. The summed E-state index contributed by atoms with van der Waals surface area (Å²) < 4.78 is 0.732. The second-order valence-corrected chi connectivity index (χ2v) is 5.54. The van der Waals surface area contributed by atoms with Gasteiger partial charge in [-0.05, 0) is 48.3 Å². The topological polar surface area (TPSA) is 74.0 Å². The van der Waals surface area contributed by atoms with Crippen molar-refractivity contribution in [3.05, 3.63) is 27.1 Å². The highest BCUT2D eigenvalue weighted by Crippen LogP contribution is 2.18. The number of H-pyrrole nitrogens is 1. The number of anilines is 1. The van der Waals surface area contributed by atoms with Crippen LogP contribution in [0.5, 0.6) is 0 Å². The first-order chi connectivity index (χ1) is 8.56. The van der Waals surface area contributed by atoms with Crippen LogP contribution in [-0.4, -0.2) is 23.5 Å². The molecule has 1 saturated heterocycles. The van der Waals surface area contributed by atoms with E-state index in [1.807, 2.05) is 0 Å². The lowest BCUT2D eigenvalue weighted by molar-refractivity contribution is -0.120. The van der Waals surface area contributed by atoms with Crippen LogP contribution in [-0.2, 0) is 4.79 Å². The summed E-state index contributed by atoms with van der Waals surface area (Å²) in [6.45, 7) is 2.90. The molecule has 18 heavy (non-hydrogen) atoms. The largest absolute Gasteiger partial charge is 0.326 e. The molecule has 1 aromatic rings. The highest BCUT2D eigenvalue weighted by Gasteiger charge is 2.25. The summed E-state index contributed by atoms with van der Waals surface area (Å²) in [4.78, 5) is 26.2. The van der Waals surface area contributed by atoms with E-state index in [4.69, 9.17) is 0 Å². The van der Waals surface area contributed by atoms with Crippen LogP contribution in [0, 0.1) is 5.92 Å². The predicted octanol–water partition coefficient (Wildman–Crippen LogP) is 1.46. The average Bonchev–Trinajstić information content (AvgIpc) is 2.34. The number of piperidine rings is 1. The molecule has 1 aromatic heterocycles. The van der Waals surface area contributed by atoms with Gasteiger partial charge >= 0.3 is 0 Å². The Labute approximate surface area is 113 Å². The van der Waals surface area contributed by atoms with Crippen molar-refractivity contribution >= 4 is 27.5 Å². The molecule has 3 N–H and O–H groups in total. The Kier molecular flexibility index (Phi) is 4.19. The van der Waals surface area contributed by atoms with Gasteiger partial charge in [-0.25, -0.2) is 0 Å². The fraction of sp³-hybridized carbons (Fsp3) is 0.500. The molecule has 0 bridgehead atoms. The van der Waals surface area contributed by atoms with Gasteiger partial charge in [0.1, 0.15) is 5.69 Å². The molecule has 0 aliphatic carbocycles. The third-order valence-electron chi connectivity index (χ3n) is 3.12. The van der Waals surface area contributed by atoms with E-state index in [0.717, 1.165) is 23.9 Å². The summed E-state index contributed by atoms with van der Waals surface area (Å²) in [5.41, 5.74) is 0.00842. The van der Waals surface area contributed by atoms with Crippen LogP contribution in [0.3, 0.4) is 0 Å². The second-order valence-electron chi connectivity index (χ2n) is 4.63. The van der Waals surface area contributed by atoms with E-state index in [0.29, 0.717) is 11.7 Å². The normalized spacial score (nSPS) is 23.7. The number of aromatic amines is 1. The average molecular weight is 314 g/mol. The van der Waals surface area contributed by atoms with Crippen molar-refractivity contribution in [1.29, 1.82) is 0 Å². The summed E-state index contributed by atoms with van der Waals surface area (Å²) in [6.07, 6.45) is 3.16. The summed E-state index contributed by atoms with van der Waals surface area (Å²) in [6, 6.07) is 1.96. The molecule has 0 unspecified atom stereocenters. The Morgan fingerprint density at radius 2 is 2.33 bits per heavy atom. The first-order valence-electron chi connectivity index (χ1n) is 5.98. The first kappa shape index (κ1) is 13.3. The van der Waals surface area contributed by atoms with E-state index in [1.165, 1.54) is 0 Å². The maximum atomic E-state index is 12.1. The fourth-order valence-electron chi connectivity index (χ4n) is 2.16. The molecule has 2 rings (SSSR count). The molecule has 1 amide bonds. The van der Waals surface area contributed by atoms with Gasteiger partial charge < -0.3 is 15.6 Å². The lowest BCUT2D eigenvalue weighted by Crippen LogP contribution is -2.40. The Morgan fingerprint density at radius 1 is 1.56 bits per heavy atom. The maximum Gasteiger partial charge on any atom is 0.271 e. The number of nitrogens with one attached hydrogen (secondary N) is 3. The summed E-state index contributed by atoms with van der Waals surface area (Å²) in [5.74, 6) is -0.105. The van der Waals surface area contributed by atoms with Crippen molar-refractivity contribution < 1.29 is 4.79 Å². The summed E-state index contributed by atoms with van der Waals surface area (Å²) in [7, 11) is 0. The molecule has 0 saturated carbocycles. The molecule has 2 heterocycles. The van der Waals surface area contributed by atoms with Crippen molar-refractivity contribution in [2.75, 3.05) is 11.9 Å². The smallest absolute Gasteiger partial charge is 0.271 e. The molecule has 0 aromatic carbocycles. The van der Waals surface area contributed by atoms with Crippen molar-refractivity contribution in [2.45, 2.75) is 25.8 Å². The van der Waals surface area contributed by atoms with Gasteiger partial charge in [0, 0.05) is 22.6 Å². The molecule has 6 heteroatoms. The molecule has 0 spiro atoms. The molecular weight excluding hydrogens is 298 g/mol. The number of aromatic nitrogens is 1. The number of pyridine rings is 1. The zero-order chi connectivity index (χ0) is 13.1. The van der Waals surface area contributed by atoms with Crippen molar-refractivity contribution in [3.63, 3.8) is 0 Å². The molecule has 98 valence electrons. The van der Waals surface area contributed by atoms with Crippen molar-refractivity contribution in [1.82, 2.24) is 10.3 Å². The Balaban J connectivity index is 2.06. The fourth-order valence-corrected chi connectivity index (χ4v) is 2.50. The maximum absolute atomic E-state index is 12.1.